The number of nitrogens with zero attached hydrogens (tertiary/aromatic N) is 1. The predicted molar refractivity (Wildman–Crippen MR) is 154 cm³/mol. The molecular formula is C33H33FN2O4. The number of carbonyl (C=O) groups excluding carboxylic acids is 2. The van der Waals surface area contributed by atoms with Gasteiger partial charge in [0.15, 0.2) is 5.78 Å². The van der Waals surface area contributed by atoms with Gasteiger partial charge in [-0.15, -0.1) is 0 Å². The fourth-order valence-corrected chi connectivity index (χ4v) is 5.44. The molecular weight excluding hydrogens is 507 g/mol. The molecule has 1 aliphatic rings. The van der Waals surface area contributed by atoms with Crippen LogP contribution in [-0.4, -0.2) is 40.2 Å². The lowest BCUT2D eigenvalue weighted by atomic mass is 9.94. The number of benzene rings is 3. The Bertz CT molecular complexity index is 1480. The van der Waals surface area contributed by atoms with E-state index in [4.69, 9.17) is 4.74 Å². The molecule has 40 heavy (non-hydrogen) atoms. The maximum atomic E-state index is 14.1. The normalized spacial score (nSPS) is 17.3. The summed E-state index contributed by atoms with van der Waals surface area (Å²) in [5.74, 6) is -0.999. The molecule has 1 aliphatic heterocycles. The average molecular weight is 541 g/mol. The number of ether oxygens (including phenoxy) is 1. The minimum atomic E-state index is -1.03. The second-order valence-corrected chi connectivity index (χ2v) is 10.3. The Balaban J connectivity index is 1.72. The molecule has 0 spiro atoms. The number of nitrogens with one attached hydrogen (secondary N) is 1. The lowest BCUT2D eigenvalue weighted by Gasteiger charge is -2.26. The van der Waals surface area contributed by atoms with E-state index in [0.717, 1.165) is 28.1 Å². The number of ketones is 1. The van der Waals surface area contributed by atoms with Gasteiger partial charge in [0.1, 0.15) is 18.0 Å². The number of aliphatic hydroxyl groups is 1. The lowest BCUT2D eigenvalue weighted by Crippen LogP contribution is -2.40. The van der Waals surface area contributed by atoms with Gasteiger partial charge in [-0.25, -0.2) is 4.39 Å². The number of Topliss-reactive ketones (excluding diaryl/α,β-unsaturated/α-hetero) is 1. The van der Waals surface area contributed by atoms with Gasteiger partial charge in [-0.1, -0.05) is 62.4 Å². The van der Waals surface area contributed by atoms with Crippen LogP contribution in [0.15, 0.2) is 84.9 Å². The smallest absolute Gasteiger partial charge is 0.258 e. The van der Waals surface area contributed by atoms with Gasteiger partial charge in [0.05, 0.1) is 17.9 Å². The van der Waals surface area contributed by atoms with Crippen molar-refractivity contribution in [3.05, 3.63) is 102 Å². The van der Waals surface area contributed by atoms with Crippen LogP contribution in [-0.2, 0) is 16.1 Å². The van der Waals surface area contributed by atoms with Gasteiger partial charge in [0.25, 0.3) is 5.91 Å². The summed E-state index contributed by atoms with van der Waals surface area (Å²) in [7, 11) is 0. The van der Waals surface area contributed by atoms with E-state index in [-0.39, 0.29) is 23.4 Å². The fourth-order valence-electron chi connectivity index (χ4n) is 5.44. The molecule has 0 bridgehead atoms. The topological polar surface area (TPSA) is 80.6 Å². The zero-order valence-electron chi connectivity index (χ0n) is 22.6. The summed E-state index contributed by atoms with van der Waals surface area (Å²) in [4.78, 5) is 26.8. The molecule has 0 aliphatic carbocycles. The van der Waals surface area contributed by atoms with E-state index in [1.807, 2.05) is 74.5 Å². The fraction of sp³-hybridized carbons (Fsp3) is 0.273. The number of para-hydroxylation sites is 1. The Labute approximate surface area is 233 Å². The number of halogens is 1. The summed E-state index contributed by atoms with van der Waals surface area (Å²) in [6, 6.07) is 25.2. The molecule has 0 radical (unpaired) electrons. The van der Waals surface area contributed by atoms with Crippen molar-refractivity contribution in [1.82, 2.24) is 4.57 Å². The largest absolute Gasteiger partial charge is 0.385 e. The molecule has 1 fully saturated rings. The standard InChI is InChI=1S/C33H33FN2O4/c1-21(2)30-29(33(39)35-25-11-7-4-8-12-25)28(22-9-5-3-6-10-22)31(23-13-15-24(34)16-14-23)36(30)19-17-27-32(38)26(37)18-20-40-27/h3-16,21,26-27,37H,17-20H2,1-2H3,(H,35,39). The van der Waals surface area contributed by atoms with Gasteiger partial charge in [0.2, 0.25) is 0 Å². The van der Waals surface area contributed by atoms with Crippen LogP contribution < -0.4 is 5.32 Å². The molecule has 1 amide bonds. The number of hydrogen-bond donors (Lipinski definition) is 2. The maximum absolute atomic E-state index is 14.1. The van der Waals surface area contributed by atoms with E-state index in [2.05, 4.69) is 9.88 Å². The molecule has 1 saturated heterocycles. The minimum Gasteiger partial charge on any atom is -0.385 e. The molecule has 2 heterocycles. The summed E-state index contributed by atoms with van der Waals surface area (Å²) in [5, 5.41) is 13.2. The Hall–Kier alpha value is -4.07. The number of aliphatic hydroxyl groups excluding tert-OH is 1. The minimum absolute atomic E-state index is 0.0678. The quantitative estimate of drug-likeness (QED) is 0.269. The highest BCUT2D eigenvalue weighted by Gasteiger charge is 2.33. The van der Waals surface area contributed by atoms with Crippen molar-refractivity contribution >= 4 is 17.4 Å². The van der Waals surface area contributed by atoms with Crippen molar-refractivity contribution in [2.75, 3.05) is 11.9 Å². The molecule has 3 aromatic carbocycles. The number of aromatic nitrogens is 1. The molecule has 6 nitrogen and oxygen atoms in total. The summed E-state index contributed by atoms with van der Waals surface area (Å²) in [6.45, 7) is 4.73. The third kappa shape index (κ3) is 5.62. The van der Waals surface area contributed by atoms with Gasteiger partial charge in [-0.05, 0) is 59.9 Å². The van der Waals surface area contributed by atoms with E-state index in [9.17, 15) is 19.1 Å². The number of carbonyl (C=O) groups is 2. The van der Waals surface area contributed by atoms with Crippen molar-refractivity contribution in [2.24, 2.45) is 0 Å². The van der Waals surface area contributed by atoms with Crippen molar-refractivity contribution < 1.29 is 23.8 Å². The first-order chi connectivity index (χ1) is 19.3. The highest BCUT2D eigenvalue weighted by molar-refractivity contribution is 6.12. The van der Waals surface area contributed by atoms with Crippen molar-refractivity contribution in [2.45, 2.75) is 51.4 Å². The zero-order chi connectivity index (χ0) is 28.2. The van der Waals surface area contributed by atoms with Crippen molar-refractivity contribution in [3.63, 3.8) is 0 Å². The summed E-state index contributed by atoms with van der Waals surface area (Å²) < 4.78 is 21.8. The third-order valence-electron chi connectivity index (χ3n) is 7.26. The first-order valence-electron chi connectivity index (χ1n) is 13.6. The molecule has 0 saturated carbocycles. The van der Waals surface area contributed by atoms with Crippen LogP contribution in [0.4, 0.5) is 10.1 Å². The molecule has 1 aromatic heterocycles. The van der Waals surface area contributed by atoms with Crippen LogP contribution >= 0.6 is 0 Å². The average Bonchev–Trinajstić information content (AvgIpc) is 3.31. The Kier molecular flexibility index (Phi) is 8.24. The van der Waals surface area contributed by atoms with E-state index in [0.29, 0.717) is 37.2 Å². The molecule has 2 unspecified atom stereocenters. The van der Waals surface area contributed by atoms with Crippen LogP contribution in [0, 0.1) is 5.82 Å². The van der Waals surface area contributed by atoms with Crippen LogP contribution in [0.2, 0.25) is 0 Å². The highest BCUT2D eigenvalue weighted by atomic mass is 19.1. The summed E-state index contributed by atoms with van der Waals surface area (Å²) in [6.07, 6.45) is -1.16. The Morgan fingerprint density at radius 2 is 1.65 bits per heavy atom. The van der Waals surface area contributed by atoms with E-state index < -0.39 is 12.2 Å². The highest BCUT2D eigenvalue weighted by Crippen LogP contribution is 2.42. The molecule has 2 N–H and O–H groups in total. The van der Waals surface area contributed by atoms with Crippen LogP contribution in [0.5, 0.6) is 0 Å². The molecule has 5 rings (SSSR count). The summed E-state index contributed by atoms with van der Waals surface area (Å²) in [5.41, 5.74) is 5.10. The van der Waals surface area contributed by atoms with E-state index >= 15 is 0 Å². The van der Waals surface area contributed by atoms with Crippen molar-refractivity contribution in [1.29, 1.82) is 0 Å². The maximum Gasteiger partial charge on any atom is 0.258 e. The summed E-state index contributed by atoms with van der Waals surface area (Å²) >= 11 is 0. The van der Waals surface area contributed by atoms with Crippen LogP contribution in [0.1, 0.15) is 48.7 Å². The van der Waals surface area contributed by atoms with Gasteiger partial charge < -0.3 is 19.7 Å². The lowest BCUT2D eigenvalue weighted by molar-refractivity contribution is -0.148. The monoisotopic (exact) mass is 540 g/mol. The van der Waals surface area contributed by atoms with Gasteiger partial charge in [-0.2, -0.15) is 0 Å². The number of hydrogen-bond acceptors (Lipinski definition) is 4. The van der Waals surface area contributed by atoms with Gasteiger partial charge >= 0.3 is 0 Å². The first-order valence-corrected chi connectivity index (χ1v) is 13.6. The van der Waals surface area contributed by atoms with E-state index in [1.54, 1.807) is 12.1 Å². The molecule has 206 valence electrons. The Morgan fingerprint density at radius 1 is 1.00 bits per heavy atom. The van der Waals surface area contributed by atoms with Gasteiger partial charge in [0, 0.05) is 29.9 Å². The SMILES string of the molecule is CC(C)c1c(C(=O)Nc2ccccc2)c(-c2ccccc2)c(-c2ccc(F)cc2)n1CCC1OCCC(O)C1=O. The second kappa shape index (κ2) is 12.0. The zero-order valence-corrected chi connectivity index (χ0v) is 22.6. The molecule has 2 atom stereocenters. The third-order valence-corrected chi connectivity index (χ3v) is 7.26. The first kappa shape index (κ1) is 27.5. The predicted octanol–water partition coefficient (Wildman–Crippen LogP) is 6.45. The number of rotatable bonds is 8. The number of anilines is 1. The van der Waals surface area contributed by atoms with Crippen molar-refractivity contribution in [3.8, 4) is 22.4 Å². The Morgan fingerprint density at radius 3 is 2.30 bits per heavy atom. The van der Waals surface area contributed by atoms with E-state index in [1.165, 1.54) is 12.1 Å². The van der Waals surface area contributed by atoms with Crippen LogP contribution in [0.25, 0.3) is 22.4 Å². The molecule has 4 aromatic rings. The molecule has 7 heteroatoms. The van der Waals surface area contributed by atoms with Crippen LogP contribution in [0.3, 0.4) is 0 Å². The second-order valence-electron chi connectivity index (χ2n) is 10.3. The number of amides is 1. The van der Waals surface area contributed by atoms with Gasteiger partial charge in [-0.3, -0.25) is 9.59 Å².